The second kappa shape index (κ2) is 10.6. The summed E-state index contributed by atoms with van der Waals surface area (Å²) in [5, 5.41) is 3.31. The van der Waals surface area contributed by atoms with Gasteiger partial charge in [0.25, 0.3) is 10.0 Å². The molecule has 3 rings (SSSR count). The summed E-state index contributed by atoms with van der Waals surface area (Å²) in [5.41, 5.74) is 1.03. The number of anilines is 1. The van der Waals surface area contributed by atoms with Crippen LogP contribution in [0, 0.1) is 0 Å². The Kier molecular flexibility index (Phi) is 7.84. The molecule has 0 saturated heterocycles. The van der Waals surface area contributed by atoms with E-state index in [9.17, 15) is 13.2 Å². The van der Waals surface area contributed by atoms with E-state index in [0.29, 0.717) is 27.8 Å². The molecule has 1 atom stereocenters. The monoisotopic (exact) mass is 488 g/mol. The largest absolute Gasteiger partial charge is 0.497 e. The van der Waals surface area contributed by atoms with Gasteiger partial charge in [-0.3, -0.25) is 9.10 Å². The van der Waals surface area contributed by atoms with Crippen LogP contribution in [-0.4, -0.2) is 35.1 Å². The van der Waals surface area contributed by atoms with E-state index in [1.54, 1.807) is 74.7 Å². The Hall–Kier alpha value is -3.23. The van der Waals surface area contributed by atoms with Crippen LogP contribution in [0.4, 0.5) is 5.69 Å². The van der Waals surface area contributed by atoms with Crippen LogP contribution in [0.3, 0.4) is 0 Å². The van der Waals surface area contributed by atoms with Crippen molar-refractivity contribution in [2.75, 3.05) is 25.1 Å². The highest BCUT2D eigenvalue weighted by Gasteiger charge is 2.28. The number of sulfonamides is 1. The lowest BCUT2D eigenvalue weighted by molar-refractivity contribution is -0.120. The van der Waals surface area contributed by atoms with Crippen LogP contribution in [0.2, 0.25) is 5.02 Å². The summed E-state index contributed by atoms with van der Waals surface area (Å²) in [6.07, 6.45) is 0. The van der Waals surface area contributed by atoms with E-state index in [-0.39, 0.29) is 4.90 Å². The smallest absolute Gasteiger partial charge is 0.264 e. The highest BCUT2D eigenvalue weighted by Crippen LogP contribution is 2.30. The third-order valence-corrected chi connectivity index (χ3v) is 7.05. The average molecular weight is 489 g/mol. The molecular weight excluding hydrogens is 464 g/mol. The Balaban J connectivity index is 1.89. The number of carbonyl (C=O) groups is 1. The lowest BCUT2D eigenvalue weighted by atomic mass is 10.1. The average Bonchev–Trinajstić information content (AvgIpc) is 2.83. The Morgan fingerprint density at radius 1 is 1.00 bits per heavy atom. The Labute approximate surface area is 198 Å². The molecule has 3 aromatic carbocycles. The number of methoxy groups -OCH3 is 2. The van der Waals surface area contributed by atoms with Crippen molar-refractivity contribution in [3.05, 3.63) is 83.4 Å². The van der Waals surface area contributed by atoms with Crippen LogP contribution < -0.4 is 19.1 Å². The fourth-order valence-electron chi connectivity index (χ4n) is 3.32. The number of halogens is 1. The molecule has 1 amide bonds. The van der Waals surface area contributed by atoms with Crippen molar-refractivity contribution in [3.63, 3.8) is 0 Å². The van der Waals surface area contributed by atoms with Crippen molar-refractivity contribution >= 4 is 33.2 Å². The van der Waals surface area contributed by atoms with Crippen LogP contribution in [0.1, 0.15) is 18.5 Å². The molecule has 174 valence electrons. The minimum Gasteiger partial charge on any atom is -0.497 e. The molecule has 33 heavy (non-hydrogen) atoms. The van der Waals surface area contributed by atoms with E-state index in [1.165, 1.54) is 19.2 Å². The normalized spacial score (nSPS) is 12.0. The van der Waals surface area contributed by atoms with Crippen LogP contribution >= 0.6 is 11.6 Å². The van der Waals surface area contributed by atoms with Crippen LogP contribution in [0.25, 0.3) is 0 Å². The molecule has 0 radical (unpaired) electrons. The summed E-state index contributed by atoms with van der Waals surface area (Å²) in [5.74, 6) is 0.707. The molecule has 0 spiro atoms. The van der Waals surface area contributed by atoms with E-state index in [2.05, 4.69) is 5.32 Å². The maximum atomic E-state index is 13.4. The summed E-state index contributed by atoms with van der Waals surface area (Å²) < 4.78 is 38.5. The second-order valence-electron chi connectivity index (χ2n) is 7.20. The molecule has 1 N–H and O–H groups in total. The molecule has 0 aliphatic carbocycles. The van der Waals surface area contributed by atoms with Gasteiger partial charge in [0, 0.05) is 10.6 Å². The summed E-state index contributed by atoms with van der Waals surface area (Å²) >= 11 is 5.97. The molecule has 1 unspecified atom stereocenters. The summed E-state index contributed by atoms with van der Waals surface area (Å²) in [6.45, 7) is 1.36. The third kappa shape index (κ3) is 5.77. The third-order valence-electron chi connectivity index (χ3n) is 5.01. The zero-order valence-electron chi connectivity index (χ0n) is 18.5. The number of ether oxygens (including phenoxy) is 2. The fourth-order valence-corrected chi connectivity index (χ4v) is 4.88. The van der Waals surface area contributed by atoms with E-state index in [0.717, 1.165) is 4.31 Å². The van der Waals surface area contributed by atoms with Crippen LogP contribution in [0.5, 0.6) is 11.5 Å². The first kappa shape index (κ1) is 24.4. The first-order chi connectivity index (χ1) is 15.8. The Bertz CT molecular complexity index is 1200. The zero-order valence-corrected chi connectivity index (χ0v) is 20.1. The first-order valence-corrected chi connectivity index (χ1v) is 11.9. The lowest BCUT2D eigenvalue weighted by Crippen LogP contribution is -2.41. The van der Waals surface area contributed by atoms with Gasteiger partial charge in [-0.2, -0.15) is 0 Å². The van der Waals surface area contributed by atoms with Gasteiger partial charge in [-0.25, -0.2) is 8.42 Å². The Morgan fingerprint density at radius 3 is 2.27 bits per heavy atom. The molecule has 0 aliphatic rings. The van der Waals surface area contributed by atoms with Gasteiger partial charge in [-0.15, -0.1) is 0 Å². The predicted molar refractivity (Wildman–Crippen MR) is 129 cm³/mol. The molecule has 0 bridgehead atoms. The minimum atomic E-state index is -4.00. The van der Waals surface area contributed by atoms with E-state index in [4.69, 9.17) is 21.1 Å². The predicted octanol–water partition coefficient (Wildman–Crippen LogP) is 4.43. The minimum absolute atomic E-state index is 0.0789. The van der Waals surface area contributed by atoms with Gasteiger partial charge in [-0.05, 0) is 61.5 Å². The molecule has 9 heteroatoms. The van der Waals surface area contributed by atoms with Crippen molar-refractivity contribution in [1.82, 2.24) is 5.32 Å². The van der Waals surface area contributed by atoms with Gasteiger partial charge in [0.1, 0.15) is 18.0 Å². The Morgan fingerprint density at radius 2 is 1.67 bits per heavy atom. The number of nitrogens with one attached hydrogen (secondary N) is 1. The van der Waals surface area contributed by atoms with Gasteiger partial charge < -0.3 is 14.8 Å². The van der Waals surface area contributed by atoms with Gasteiger partial charge in [0.15, 0.2) is 0 Å². The van der Waals surface area contributed by atoms with Crippen molar-refractivity contribution < 1.29 is 22.7 Å². The number of nitrogens with zero attached hydrogens (tertiary/aromatic N) is 1. The van der Waals surface area contributed by atoms with Gasteiger partial charge in [0.2, 0.25) is 5.91 Å². The molecule has 0 aromatic heterocycles. The van der Waals surface area contributed by atoms with Gasteiger partial charge in [-0.1, -0.05) is 29.8 Å². The van der Waals surface area contributed by atoms with Crippen LogP contribution in [0.15, 0.2) is 77.7 Å². The summed E-state index contributed by atoms with van der Waals surface area (Å²) in [7, 11) is -0.916. The summed E-state index contributed by atoms with van der Waals surface area (Å²) in [6, 6.07) is 19.0. The number of benzene rings is 3. The van der Waals surface area contributed by atoms with Crippen molar-refractivity contribution in [2.24, 2.45) is 0 Å². The fraction of sp³-hybridized carbons (Fsp3) is 0.208. The standard InChI is InChI=1S/C24H25ClN2O5S/c1-17(22-15-20(31-2)13-14-23(22)32-3)26-24(28)16-27(19-11-9-18(25)10-12-19)33(29,30)21-7-5-4-6-8-21/h4-15,17H,16H2,1-3H3,(H,26,28). The number of hydrogen-bond donors (Lipinski definition) is 1. The van der Waals surface area contributed by atoms with Crippen molar-refractivity contribution in [1.29, 1.82) is 0 Å². The second-order valence-corrected chi connectivity index (χ2v) is 9.50. The molecule has 3 aromatic rings. The van der Waals surface area contributed by atoms with E-state index >= 15 is 0 Å². The van der Waals surface area contributed by atoms with Crippen LogP contribution in [-0.2, 0) is 14.8 Å². The number of amides is 1. The topological polar surface area (TPSA) is 84.9 Å². The van der Waals surface area contributed by atoms with Crippen molar-refractivity contribution in [3.8, 4) is 11.5 Å². The van der Waals surface area contributed by atoms with E-state index < -0.39 is 28.5 Å². The molecular formula is C24H25ClN2O5S. The first-order valence-electron chi connectivity index (χ1n) is 10.1. The molecule has 0 aliphatic heterocycles. The van der Waals surface area contributed by atoms with Crippen molar-refractivity contribution in [2.45, 2.75) is 17.9 Å². The molecule has 0 heterocycles. The highest BCUT2D eigenvalue weighted by molar-refractivity contribution is 7.92. The maximum absolute atomic E-state index is 13.4. The number of carbonyl (C=O) groups excluding carboxylic acids is 1. The molecule has 7 nitrogen and oxygen atoms in total. The summed E-state index contributed by atoms with van der Waals surface area (Å²) in [4.78, 5) is 13.1. The molecule has 0 saturated carbocycles. The highest BCUT2D eigenvalue weighted by atomic mass is 35.5. The maximum Gasteiger partial charge on any atom is 0.264 e. The lowest BCUT2D eigenvalue weighted by Gasteiger charge is -2.25. The SMILES string of the molecule is COc1ccc(OC)c(C(C)NC(=O)CN(c2ccc(Cl)cc2)S(=O)(=O)c2ccccc2)c1. The van der Waals surface area contributed by atoms with Gasteiger partial charge >= 0.3 is 0 Å². The number of hydrogen-bond acceptors (Lipinski definition) is 5. The van der Waals surface area contributed by atoms with Gasteiger partial charge in [0.05, 0.1) is 30.8 Å². The van der Waals surface area contributed by atoms with E-state index in [1.807, 2.05) is 0 Å². The zero-order chi connectivity index (χ0) is 24.0. The number of rotatable bonds is 9. The molecule has 0 fully saturated rings. The quantitative estimate of drug-likeness (QED) is 0.481.